The molecule has 2 aromatic carbocycles. The molecule has 0 aliphatic heterocycles. The molecule has 0 aliphatic carbocycles. The van der Waals surface area contributed by atoms with Gasteiger partial charge in [0.15, 0.2) is 5.16 Å². The van der Waals surface area contributed by atoms with Gasteiger partial charge in [0, 0.05) is 10.6 Å². The fourth-order valence-electron chi connectivity index (χ4n) is 1.88. The highest BCUT2D eigenvalue weighted by atomic mass is 35.5. The molecule has 0 radical (unpaired) electrons. The molecule has 1 aromatic heterocycles. The number of benzene rings is 2. The van der Waals surface area contributed by atoms with Crippen LogP contribution in [0.15, 0.2) is 40.4 Å². The lowest BCUT2D eigenvalue weighted by Crippen LogP contribution is -1.91. The summed E-state index contributed by atoms with van der Waals surface area (Å²) in [5.41, 5.74) is 9.23. The third kappa shape index (κ3) is 2.46. The van der Waals surface area contributed by atoms with Crippen molar-refractivity contribution in [3.8, 4) is 0 Å². The molecular weight excluding hydrogens is 297 g/mol. The zero-order valence-electron chi connectivity index (χ0n) is 10.6. The summed E-state index contributed by atoms with van der Waals surface area (Å²) < 4.78 is 13.5. The van der Waals surface area contributed by atoms with E-state index in [0.29, 0.717) is 15.7 Å². The molecular formula is C14H11ClFN3S. The fourth-order valence-corrected chi connectivity index (χ4v) is 2.91. The van der Waals surface area contributed by atoms with E-state index < -0.39 is 5.82 Å². The molecule has 0 saturated heterocycles. The van der Waals surface area contributed by atoms with Crippen molar-refractivity contribution in [1.29, 1.82) is 0 Å². The number of imidazole rings is 1. The number of anilines is 1. The second-order valence-electron chi connectivity index (χ2n) is 4.47. The van der Waals surface area contributed by atoms with Crippen molar-refractivity contribution in [3.05, 3.63) is 46.7 Å². The highest BCUT2D eigenvalue weighted by Crippen LogP contribution is 2.34. The highest BCUT2D eigenvalue weighted by molar-refractivity contribution is 7.99. The van der Waals surface area contributed by atoms with Crippen LogP contribution in [0.1, 0.15) is 5.56 Å². The lowest BCUT2D eigenvalue weighted by atomic mass is 10.2. The third-order valence-corrected chi connectivity index (χ3v) is 4.12. The molecule has 0 bridgehead atoms. The van der Waals surface area contributed by atoms with Crippen molar-refractivity contribution in [1.82, 2.24) is 9.97 Å². The van der Waals surface area contributed by atoms with E-state index in [1.807, 2.05) is 25.1 Å². The van der Waals surface area contributed by atoms with E-state index >= 15 is 0 Å². The summed E-state index contributed by atoms with van der Waals surface area (Å²) in [5.74, 6) is -0.490. The normalized spacial score (nSPS) is 11.2. The number of H-pyrrole nitrogens is 1. The van der Waals surface area contributed by atoms with Crippen LogP contribution in [-0.4, -0.2) is 9.97 Å². The molecule has 3 rings (SSSR count). The molecule has 1 heterocycles. The van der Waals surface area contributed by atoms with Crippen LogP contribution in [0.4, 0.5) is 10.1 Å². The Kier molecular flexibility index (Phi) is 3.31. The fraction of sp³-hybridized carbons (Fsp3) is 0.0714. The maximum Gasteiger partial charge on any atom is 0.171 e. The van der Waals surface area contributed by atoms with Gasteiger partial charge in [0.05, 0.1) is 16.1 Å². The van der Waals surface area contributed by atoms with Crippen LogP contribution in [0.5, 0.6) is 0 Å². The number of nitrogens with one attached hydrogen (secondary N) is 1. The average Bonchev–Trinajstić information content (AvgIpc) is 2.77. The minimum absolute atomic E-state index is 0.0204. The second-order valence-corrected chi connectivity index (χ2v) is 5.91. The molecule has 0 aliphatic rings. The van der Waals surface area contributed by atoms with E-state index in [9.17, 15) is 4.39 Å². The summed E-state index contributed by atoms with van der Waals surface area (Å²) in [4.78, 5) is 8.21. The SMILES string of the molecule is Cc1ccc2nc(Sc3cc(F)c(Cl)cc3N)[nH]c2c1. The standard InChI is InChI=1S/C14H11ClFN3S/c1-7-2-3-11-12(4-7)19-14(18-11)20-13-6-9(16)8(15)5-10(13)17/h2-6H,17H2,1H3,(H,18,19). The maximum absolute atomic E-state index is 13.5. The first kappa shape index (κ1) is 13.3. The number of rotatable bonds is 2. The number of fused-ring (bicyclic) bond motifs is 1. The number of nitrogens with zero attached hydrogens (tertiary/aromatic N) is 1. The average molecular weight is 308 g/mol. The summed E-state index contributed by atoms with van der Waals surface area (Å²) in [6, 6.07) is 8.68. The van der Waals surface area contributed by atoms with Crippen molar-refractivity contribution < 1.29 is 4.39 Å². The number of aryl methyl sites for hydroxylation is 1. The van der Waals surface area contributed by atoms with Gasteiger partial charge >= 0.3 is 0 Å². The van der Waals surface area contributed by atoms with E-state index in [-0.39, 0.29) is 5.02 Å². The van der Waals surface area contributed by atoms with Gasteiger partial charge in [-0.25, -0.2) is 9.37 Å². The maximum atomic E-state index is 13.5. The molecule has 0 saturated carbocycles. The molecule has 102 valence electrons. The third-order valence-electron chi connectivity index (χ3n) is 2.88. The molecule has 0 atom stereocenters. The van der Waals surface area contributed by atoms with Gasteiger partial charge in [-0.05, 0) is 48.5 Å². The number of hydrogen-bond donors (Lipinski definition) is 2. The van der Waals surface area contributed by atoms with Crippen LogP contribution >= 0.6 is 23.4 Å². The minimum Gasteiger partial charge on any atom is -0.398 e. The number of aromatic nitrogens is 2. The molecule has 20 heavy (non-hydrogen) atoms. The Morgan fingerprint density at radius 1 is 1.30 bits per heavy atom. The van der Waals surface area contributed by atoms with Crippen molar-refractivity contribution in [2.24, 2.45) is 0 Å². The Morgan fingerprint density at radius 2 is 2.10 bits per heavy atom. The predicted molar refractivity (Wildman–Crippen MR) is 80.8 cm³/mol. The Bertz CT molecular complexity index is 800. The van der Waals surface area contributed by atoms with Gasteiger partial charge in [-0.3, -0.25) is 0 Å². The van der Waals surface area contributed by atoms with Gasteiger partial charge in [0.1, 0.15) is 5.82 Å². The summed E-state index contributed by atoms with van der Waals surface area (Å²) >= 11 is 6.96. The van der Waals surface area contributed by atoms with E-state index in [4.69, 9.17) is 17.3 Å². The highest BCUT2D eigenvalue weighted by Gasteiger charge is 2.10. The Morgan fingerprint density at radius 3 is 2.90 bits per heavy atom. The zero-order valence-corrected chi connectivity index (χ0v) is 12.1. The molecule has 3 N–H and O–H groups in total. The van der Waals surface area contributed by atoms with Gasteiger partial charge in [0.25, 0.3) is 0 Å². The first-order valence-electron chi connectivity index (χ1n) is 5.91. The lowest BCUT2D eigenvalue weighted by Gasteiger charge is -2.04. The largest absolute Gasteiger partial charge is 0.398 e. The Labute approximate surface area is 124 Å². The lowest BCUT2D eigenvalue weighted by molar-refractivity contribution is 0.625. The number of aromatic amines is 1. The molecule has 3 aromatic rings. The van der Waals surface area contributed by atoms with Gasteiger partial charge < -0.3 is 10.7 Å². The number of nitrogens with two attached hydrogens (primary N) is 1. The van der Waals surface area contributed by atoms with Crippen molar-refractivity contribution in [2.45, 2.75) is 17.0 Å². The van der Waals surface area contributed by atoms with Crippen LogP contribution < -0.4 is 5.73 Å². The summed E-state index contributed by atoms with van der Waals surface area (Å²) in [7, 11) is 0. The number of halogens is 2. The van der Waals surface area contributed by atoms with Crippen molar-refractivity contribution in [2.75, 3.05) is 5.73 Å². The van der Waals surface area contributed by atoms with Gasteiger partial charge in [-0.2, -0.15) is 0 Å². The van der Waals surface area contributed by atoms with Gasteiger partial charge in [-0.15, -0.1) is 0 Å². The molecule has 0 unspecified atom stereocenters. The Hall–Kier alpha value is -1.72. The van der Waals surface area contributed by atoms with Crippen LogP contribution in [0.3, 0.4) is 0 Å². The van der Waals surface area contributed by atoms with Crippen LogP contribution in [0, 0.1) is 12.7 Å². The van der Waals surface area contributed by atoms with Crippen molar-refractivity contribution >= 4 is 40.1 Å². The second kappa shape index (κ2) is 5.00. The van der Waals surface area contributed by atoms with E-state index in [1.54, 1.807) is 0 Å². The molecule has 0 fully saturated rings. The number of hydrogen-bond acceptors (Lipinski definition) is 3. The van der Waals surface area contributed by atoms with Crippen LogP contribution in [0.2, 0.25) is 5.02 Å². The van der Waals surface area contributed by atoms with E-state index in [0.717, 1.165) is 16.6 Å². The summed E-state index contributed by atoms with van der Waals surface area (Å²) in [5, 5.41) is 0.686. The molecule has 3 nitrogen and oxygen atoms in total. The molecule has 6 heteroatoms. The van der Waals surface area contributed by atoms with E-state index in [1.165, 1.54) is 23.9 Å². The van der Waals surface area contributed by atoms with E-state index in [2.05, 4.69) is 9.97 Å². The number of nitrogen functional groups attached to an aromatic ring is 1. The first-order valence-corrected chi connectivity index (χ1v) is 7.11. The summed E-state index contributed by atoms with van der Waals surface area (Å²) in [6.07, 6.45) is 0. The monoisotopic (exact) mass is 307 g/mol. The van der Waals surface area contributed by atoms with Crippen molar-refractivity contribution in [3.63, 3.8) is 0 Å². The van der Waals surface area contributed by atoms with Crippen LogP contribution in [-0.2, 0) is 0 Å². The predicted octanol–water partition coefficient (Wildman–Crippen LogP) is 4.40. The van der Waals surface area contributed by atoms with Gasteiger partial charge in [-0.1, -0.05) is 17.7 Å². The molecule has 0 spiro atoms. The first-order chi connectivity index (χ1) is 9.52. The topological polar surface area (TPSA) is 54.7 Å². The van der Waals surface area contributed by atoms with Crippen LogP contribution in [0.25, 0.3) is 11.0 Å². The quantitative estimate of drug-likeness (QED) is 0.690. The zero-order chi connectivity index (χ0) is 14.3. The smallest absolute Gasteiger partial charge is 0.171 e. The van der Waals surface area contributed by atoms with Gasteiger partial charge in [0.2, 0.25) is 0 Å². The molecule has 0 amide bonds. The summed E-state index contributed by atoms with van der Waals surface area (Å²) in [6.45, 7) is 2.01. The Balaban J connectivity index is 1.99. The minimum atomic E-state index is -0.490.